The zero-order valence-electron chi connectivity index (χ0n) is 19.7. The Morgan fingerprint density at radius 2 is 1.97 bits per heavy atom. The number of benzene rings is 1. The summed E-state index contributed by atoms with van der Waals surface area (Å²) < 4.78 is 4.63. The van der Waals surface area contributed by atoms with Crippen LogP contribution in [0.5, 0.6) is 0 Å². The lowest BCUT2D eigenvalue weighted by Gasteiger charge is -2.45. The van der Waals surface area contributed by atoms with Crippen molar-refractivity contribution >= 4 is 11.8 Å². The lowest BCUT2D eigenvalue weighted by atomic mass is 9.61. The molecule has 4 atom stereocenters. The Kier molecular flexibility index (Phi) is 9.45. The second-order valence-electron chi connectivity index (χ2n) is 9.66. The Morgan fingerprint density at radius 3 is 2.64 bits per heavy atom. The number of ether oxygens (including phenoxy) is 1. The molecule has 2 fully saturated rings. The third kappa shape index (κ3) is 6.87. The van der Waals surface area contributed by atoms with Gasteiger partial charge in [0.15, 0.2) is 0 Å². The van der Waals surface area contributed by atoms with Crippen LogP contribution in [0.2, 0.25) is 0 Å². The fourth-order valence-corrected chi connectivity index (χ4v) is 5.23. The van der Waals surface area contributed by atoms with Gasteiger partial charge >= 0.3 is 5.97 Å². The second kappa shape index (κ2) is 12.3. The third-order valence-electron chi connectivity index (χ3n) is 7.44. The summed E-state index contributed by atoms with van der Waals surface area (Å²) in [6.45, 7) is 0. The number of unbranched alkanes of at least 4 members (excludes halogenated alkanes) is 1. The zero-order chi connectivity index (χ0) is 23.7. The van der Waals surface area contributed by atoms with Crippen molar-refractivity contribution in [2.24, 2.45) is 17.3 Å². The van der Waals surface area contributed by atoms with Gasteiger partial charge in [-0.3, -0.25) is 9.59 Å². The molecule has 180 valence electrons. The van der Waals surface area contributed by atoms with E-state index < -0.39 is 12.2 Å². The van der Waals surface area contributed by atoms with Crippen LogP contribution in [0, 0.1) is 17.3 Å². The highest BCUT2D eigenvalue weighted by Gasteiger charge is 2.43. The minimum Gasteiger partial charge on any atom is -0.469 e. The summed E-state index contributed by atoms with van der Waals surface area (Å²) in [6.07, 6.45) is 14.1. The minimum atomic E-state index is -0.661. The van der Waals surface area contributed by atoms with E-state index in [2.05, 4.69) is 16.9 Å². The highest BCUT2D eigenvalue weighted by molar-refractivity contribution is 5.84. The number of methoxy groups -OCH3 is 1. The summed E-state index contributed by atoms with van der Waals surface area (Å²) in [5, 5.41) is 21.4. The molecule has 1 aromatic rings. The monoisotopic (exact) mass is 454 g/mol. The van der Waals surface area contributed by atoms with Crippen LogP contribution in [-0.2, 0) is 20.7 Å². The van der Waals surface area contributed by atoms with Gasteiger partial charge in [0.05, 0.1) is 19.3 Å². The molecule has 0 saturated heterocycles. The molecule has 1 unspecified atom stereocenters. The van der Waals surface area contributed by atoms with E-state index >= 15 is 0 Å². The predicted molar refractivity (Wildman–Crippen MR) is 128 cm³/mol. The summed E-state index contributed by atoms with van der Waals surface area (Å²) in [5.74, 6) is -0.558. The normalized spacial score (nSPS) is 25.4. The topological polar surface area (TPSA) is 83.8 Å². The SMILES string of the molecule is COC(=O)CCCC=CC[C@H]1C(=O)C[C@@H](O)[C@@H]1C=CCC(O)C1(Cc2ccccc2)CCC1. The number of aliphatic hydroxyl groups excluding tert-OH is 2. The second-order valence-corrected chi connectivity index (χ2v) is 9.66. The number of aliphatic hydroxyl groups is 2. The molecule has 5 heteroatoms. The van der Waals surface area contributed by atoms with E-state index in [9.17, 15) is 19.8 Å². The molecular formula is C28H38O5. The Labute approximate surface area is 197 Å². The predicted octanol–water partition coefficient (Wildman–Crippen LogP) is 4.56. The molecule has 33 heavy (non-hydrogen) atoms. The summed E-state index contributed by atoms with van der Waals surface area (Å²) in [4.78, 5) is 23.6. The fraction of sp³-hybridized carbons (Fsp3) is 0.571. The zero-order valence-corrected chi connectivity index (χ0v) is 19.7. The van der Waals surface area contributed by atoms with Crippen LogP contribution in [0.25, 0.3) is 0 Å². The lowest BCUT2D eigenvalue weighted by Crippen LogP contribution is -2.43. The van der Waals surface area contributed by atoms with Crippen LogP contribution in [0.3, 0.4) is 0 Å². The molecular weight excluding hydrogens is 416 g/mol. The van der Waals surface area contributed by atoms with Crippen molar-refractivity contribution in [2.45, 2.75) is 76.4 Å². The van der Waals surface area contributed by atoms with E-state index in [1.54, 1.807) is 0 Å². The summed E-state index contributed by atoms with van der Waals surface area (Å²) in [5.41, 5.74) is 1.19. The molecule has 0 spiro atoms. The number of hydrogen-bond donors (Lipinski definition) is 2. The first kappa shape index (κ1) is 25.4. The molecule has 0 radical (unpaired) electrons. The molecule has 0 aliphatic heterocycles. The summed E-state index contributed by atoms with van der Waals surface area (Å²) in [6, 6.07) is 10.3. The fourth-order valence-electron chi connectivity index (χ4n) is 5.23. The van der Waals surface area contributed by atoms with E-state index in [-0.39, 0.29) is 35.4 Å². The van der Waals surface area contributed by atoms with Gasteiger partial charge in [-0.2, -0.15) is 0 Å². The summed E-state index contributed by atoms with van der Waals surface area (Å²) in [7, 11) is 1.39. The maximum atomic E-state index is 12.4. The van der Waals surface area contributed by atoms with E-state index in [0.29, 0.717) is 19.3 Å². The standard InChI is InChI=1S/C28H38O5/c1-33-27(32)16-8-3-2-7-13-22-23(25(30)19-24(22)29)14-9-15-26(31)28(17-10-18-28)20-21-11-5-4-6-12-21/h2,4-7,9,11-12,14,22-23,25-26,30-31H,3,8,10,13,15-20H2,1H3/t22-,23-,25-,26?/m1/s1. The first-order valence-corrected chi connectivity index (χ1v) is 12.3. The number of rotatable bonds is 12. The van der Waals surface area contributed by atoms with Crippen LogP contribution in [0.1, 0.15) is 63.4 Å². The number of carbonyl (C=O) groups is 2. The van der Waals surface area contributed by atoms with Crippen molar-refractivity contribution in [3.8, 4) is 0 Å². The van der Waals surface area contributed by atoms with Gasteiger partial charge in [0.1, 0.15) is 5.78 Å². The van der Waals surface area contributed by atoms with Crippen molar-refractivity contribution in [3.05, 3.63) is 60.2 Å². The van der Waals surface area contributed by atoms with Gasteiger partial charge in [0, 0.05) is 30.1 Å². The third-order valence-corrected chi connectivity index (χ3v) is 7.44. The maximum absolute atomic E-state index is 12.4. The van der Waals surface area contributed by atoms with E-state index in [1.807, 2.05) is 42.5 Å². The quantitative estimate of drug-likeness (QED) is 0.275. The van der Waals surface area contributed by atoms with E-state index in [1.165, 1.54) is 12.7 Å². The summed E-state index contributed by atoms with van der Waals surface area (Å²) >= 11 is 0. The van der Waals surface area contributed by atoms with Gasteiger partial charge in [-0.1, -0.05) is 61.1 Å². The van der Waals surface area contributed by atoms with Crippen LogP contribution in [0.15, 0.2) is 54.6 Å². The van der Waals surface area contributed by atoms with Crippen LogP contribution >= 0.6 is 0 Å². The van der Waals surface area contributed by atoms with E-state index in [4.69, 9.17) is 0 Å². The molecule has 5 nitrogen and oxygen atoms in total. The smallest absolute Gasteiger partial charge is 0.305 e. The molecule has 1 aromatic carbocycles. The average molecular weight is 455 g/mol. The molecule has 3 rings (SSSR count). The van der Waals surface area contributed by atoms with Crippen LogP contribution < -0.4 is 0 Å². The molecule has 0 aromatic heterocycles. The first-order chi connectivity index (χ1) is 15.9. The average Bonchev–Trinajstić information content (AvgIpc) is 3.05. The number of allylic oxidation sites excluding steroid dienone is 2. The molecule has 2 aliphatic rings. The van der Waals surface area contributed by atoms with Crippen molar-refractivity contribution in [3.63, 3.8) is 0 Å². The van der Waals surface area contributed by atoms with E-state index in [0.717, 1.165) is 38.5 Å². The molecule has 2 aliphatic carbocycles. The first-order valence-electron chi connectivity index (χ1n) is 12.3. The Balaban J connectivity index is 1.51. The van der Waals surface area contributed by atoms with Gasteiger partial charge in [-0.15, -0.1) is 0 Å². The Bertz CT molecular complexity index is 824. The van der Waals surface area contributed by atoms with Gasteiger partial charge in [0.25, 0.3) is 0 Å². The molecule has 2 saturated carbocycles. The minimum absolute atomic E-state index is 0.0673. The van der Waals surface area contributed by atoms with Crippen molar-refractivity contribution in [2.75, 3.05) is 7.11 Å². The van der Waals surface area contributed by atoms with Gasteiger partial charge in [-0.25, -0.2) is 0 Å². The highest BCUT2D eigenvalue weighted by atomic mass is 16.5. The molecule has 0 amide bonds. The number of hydrogen-bond acceptors (Lipinski definition) is 5. The maximum Gasteiger partial charge on any atom is 0.305 e. The lowest BCUT2D eigenvalue weighted by molar-refractivity contribution is -0.140. The Hall–Kier alpha value is -2.24. The Morgan fingerprint density at radius 1 is 1.21 bits per heavy atom. The van der Waals surface area contributed by atoms with Gasteiger partial charge in [-0.05, 0) is 50.5 Å². The van der Waals surface area contributed by atoms with Gasteiger partial charge in [0.2, 0.25) is 0 Å². The molecule has 2 N–H and O–H groups in total. The number of Topliss-reactive ketones (excluding diaryl/α,β-unsaturated/α-hetero) is 1. The highest BCUT2D eigenvalue weighted by Crippen LogP contribution is 2.47. The number of esters is 1. The van der Waals surface area contributed by atoms with Crippen molar-refractivity contribution in [1.29, 1.82) is 0 Å². The van der Waals surface area contributed by atoms with Crippen molar-refractivity contribution in [1.82, 2.24) is 0 Å². The van der Waals surface area contributed by atoms with Crippen LogP contribution in [0.4, 0.5) is 0 Å². The number of ketones is 1. The van der Waals surface area contributed by atoms with Crippen LogP contribution in [-0.4, -0.2) is 41.3 Å². The molecule has 0 heterocycles. The molecule has 0 bridgehead atoms. The van der Waals surface area contributed by atoms with Gasteiger partial charge < -0.3 is 14.9 Å². The number of carbonyl (C=O) groups excluding carboxylic acids is 2. The largest absolute Gasteiger partial charge is 0.469 e. The van der Waals surface area contributed by atoms with Crippen molar-refractivity contribution < 1.29 is 24.5 Å².